The molecular formula is C18H17N5O. The van der Waals surface area contributed by atoms with Crippen molar-refractivity contribution in [1.29, 1.82) is 0 Å². The molecule has 0 N–H and O–H groups in total. The first-order valence-electron chi connectivity index (χ1n) is 8.34. The van der Waals surface area contributed by atoms with Crippen molar-refractivity contribution in [3.05, 3.63) is 54.1 Å². The molecule has 2 aromatic heterocycles. The second kappa shape index (κ2) is 5.12. The van der Waals surface area contributed by atoms with Gasteiger partial charge in [0.05, 0.1) is 11.7 Å². The van der Waals surface area contributed by atoms with Gasteiger partial charge < -0.3 is 4.90 Å². The van der Waals surface area contributed by atoms with Crippen LogP contribution in [0.2, 0.25) is 0 Å². The lowest BCUT2D eigenvalue weighted by molar-refractivity contribution is 0.0494. The molecule has 5 rings (SSSR count). The molecule has 6 nitrogen and oxygen atoms in total. The Hall–Kier alpha value is -2.76. The maximum atomic E-state index is 12.8. The maximum absolute atomic E-state index is 12.8. The number of carbonyl (C=O) groups excluding carboxylic acids is 1. The molecule has 0 unspecified atom stereocenters. The SMILES string of the molecule is O=C(c1nccc2ccccc12)N1CC(n2cc(C3CC3)nn2)C1. The van der Waals surface area contributed by atoms with Crippen molar-refractivity contribution in [2.75, 3.05) is 13.1 Å². The van der Waals surface area contributed by atoms with Gasteiger partial charge in [-0.05, 0) is 24.3 Å². The number of carbonyl (C=O) groups is 1. The summed E-state index contributed by atoms with van der Waals surface area (Å²) in [5, 5.41) is 10.4. The third-order valence-electron chi connectivity index (χ3n) is 4.92. The smallest absolute Gasteiger partial charge is 0.273 e. The van der Waals surface area contributed by atoms with E-state index in [1.54, 1.807) is 6.20 Å². The molecule has 1 amide bonds. The molecule has 2 aliphatic rings. The summed E-state index contributed by atoms with van der Waals surface area (Å²) in [6.45, 7) is 1.33. The van der Waals surface area contributed by atoms with E-state index in [9.17, 15) is 4.79 Å². The number of hydrogen-bond acceptors (Lipinski definition) is 4. The van der Waals surface area contributed by atoms with Crippen LogP contribution < -0.4 is 0 Å². The molecule has 2 fully saturated rings. The summed E-state index contributed by atoms with van der Waals surface area (Å²) in [4.78, 5) is 18.9. The molecule has 3 aromatic rings. The molecule has 1 aliphatic heterocycles. The van der Waals surface area contributed by atoms with Gasteiger partial charge in [0.2, 0.25) is 0 Å². The average Bonchev–Trinajstić information content (AvgIpc) is 3.32. The summed E-state index contributed by atoms with van der Waals surface area (Å²) < 4.78 is 1.91. The number of pyridine rings is 1. The quantitative estimate of drug-likeness (QED) is 0.743. The number of aromatic nitrogens is 4. The average molecular weight is 319 g/mol. The van der Waals surface area contributed by atoms with E-state index in [1.807, 2.05) is 46.1 Å². The highest BCUT2D eigenvalue weighted by Crippen LogP contribution is 2.39. The minimum absolute atomic E-state index is 0.00872. The van der Waals surface area contributed by atoms with Crippen LogP contribution in [0.15, 0.2) is 42.7 Å². The molecule has 0 bridgehead atoms. The van der Waals surface area contributed by atoms with Crippen LogP contribution in [0.5, 0.6) is 0 Å². The van der Waals surface area contributed by atoms with Gasteiger partial charge in [-0.2, -0.15) is 0 Å². The van der Waals surface area contributed by atoms with E-state index in [4.69, 9.17) is 0 Å². The van der Waals surface area contributed by atoms with Crippen LogP contribution in [0.3, 0.4) is 0 Å². The summed E-state index contributed by atoms with van der Waals surface area (Å²) in [5.41, 5.74) is 1.62. The first-order chi connectivity index (χ1) is 11.8. The molecule has 3 heterocycles. The maximum Gasteiger partial charge on any atom is 0.273 e. The lowest BCUT2D eigenvalue weighted by Gasteiger charge is -2.38. The second-order valence-electron chi connectivity index (χ2n) is 6.64. The van der Waals surface area contributed by atoms with Gasteiger partial charge >= 0.3 is 0 Å². The lowest BCUT2D eigenvalue weighted by Crippen LogP contribution is -2.51. The summed E-state index contributed by atoms with van der Waals surface area (Å²) >= 11 is 0. The van der Waals surface area contributed by atoms with E-state index in [0.717, 1.165) is 16.5 Å². The van der Waals surface area contributed by atoms with Crippen molar-refractivity contribution in [3.8, 4) is 0 Å². The molecule has 0 spiro atoms. The van der Waals surface area contributed by atoms with Gasteiger partial charge in [0.1, 0.15) is 5.69 Å². The largest absolute Gasteiger partial charge is 0.333 e. The number of fused-ring (bicyclic) bond motifs is 1. The van der Waals surface area contributed by atoms with Crippen LogP contribution in [-0.2, 0) is 0 Å². The van der Waals surface area contributed by atoms with Gasteiger partial charge in [0, 0.05) is 36.8 Å². The van der Waals surface area contributed by atoms with Crippen molar-refractivity contribution in [2.45, 2.75) is 24.8 Å². The van der Waals surface area contributed by atoms with E-state index in [-0.39, 0.29) is 11.9 Å². The van der Waals surface area contributed by atoms with Crippen LogP contribution in [0.4, 0.5) is 0 Å². The fraction of sp³-hybridized carbons (Fsp3) is 0.333. The molecule has 24 heavy (non-hydrogen) atoms. The number of likely N-dealkylation sites (tertiary alicyclic amines) is 1. The van der Waals surface area contributed by atoms with Crippen LogP contribution in [-0.4, -0.2) is 43.9 Å². The molecule has 120 valence electrons. The molecule has 0 radical (unpaired) electrons. The highest BCUT2D eigenvalue weighted by Gasteiger charge is 2.35. The van der Waals surface area contributed by atoms with Crippen molar-refractivity contribution < 1.29 is 4.79 Å². The van der Waals surface area contributed by atoms with Gasteiger partial charge in [-0.3, -0.25) is 9.78 Å². The first-order valence-corrected chi connectivity index (χ1v) is 8.34. The minimum Gasteiger partial charge on any atom is -0.333 e. The lowest BCUT2D eigenvalue weighted by atomic mass is 10.1. The fourth-order valence-corrected chi connectivity index (χ4v) is 3.26. The van der Waals surface area contributed by atoms with Crippen LogP contribution in [0, 0.1) is 0 Å². The molecule has 1 saturated carbocycles. The van der Waals surface area contributed by atoms with Gasteiger partial charge in [-0.1, -0.05) is 29.5 Å². The van der Waals surface area contributed by atoms with E-state index >= 15 is 0 Å². The molecule has 1 aliphatic carbocycles. The fourth-order valence-electron chi connectivity index (χ4n) is 3.26. The summed E-state index contributed by atoms with van der Waals surface area (Å²) in [6.07, 6.45) is 6.19. The van der Waals surface area contributed by atoms with E-state index < -0.39 is 0 Å². The number of nitrogens with zero attached hydrogens (tertiary/aromatic N) is 5. The third kappa shape index (κ3) is 2.18. The van der Waals surface area contributed by atoms with Crippen molar-refractivity contribution >= 4 is 16.7 Å². The van der Waals surface area contributed by atoms with Gasteiger partial charge in [-0.25, -0.2) is 4.68 Å². The van der Waals surface area contributed by atoms with Gasteiger partial charge in [0.15, 0.2) is 0 Å². The predicted octanol–water partition coefficient (Wildman–Crippen LogP) is 2.40. The number of rotatable bonds is 3. The molecule has 1 saturated heterocycles. The number of amides is 1. The summed E-state index contributed by atoms with van der Waals surface area (Å²) in [5.74, 6) is 0.599. The predicted molar refractivity (Wildman–Crippen MR) is 88.7 cm³/mol. The summed E-state index contributed by atoms with van der Waals surface area (Å²) in [7, 11) is 0. The Bertz CT molecular complexity index is 919. The Morgan fingerprint density at radius 1 is 1.12 bits per heavy atom. The highest BCUT2D eigenvalue weighted by atomic mass is 16.2. The minimum atomic E-state index is -0.00872. The number of benzene rings is 1. The Morgan fingerprint density at radius 2 is 1.96 bits per heavy atom. The molecule has 0 atom stereocenters. The standard InChI is InChI=1S/C18H17N5O/c24-18(17-15-4-2-1-3-12(15)7-8-19-17)22-9-14(10-22)23-11-16(20-21-23)13-5-6-13/h1-4,7-8,11,13-14H,5-6,9-10H2. The zero-order chi connectivity index (χ0) is 16.1. The first kappa shape index (κ1) is 13.7. The third-order valence-corrected chi connectivity index (χ3v) is 4.92. The van der Waals surface area contributed by atoms with Crippen LogP contribution in [0.25, 0.3) is 10.8 Å². The van der Waals surface area contributed by atoms with Crippen molar-refractivity contribution in [3.63, 3.8) is 0 Å². The van der Waals surface area contributed by atoms with E-state index in [0.29, 0.717) is 24.7 Å². The van der Waals surface area contributed by atoms with Crippen LogP contribution in [0.1, 0.15) is 41.0 Å². The zero-order valence-electron chi connectivity index (χ0n) is 13.2. The molecular weight excluding hydrogens is 302 g/mol. The Morgan fingerprint density at radius 3 is 2.79 bits per heavy atom. The van der Waals surface area contributed by atoms with Gasteiger partial charge in [0.25, 0.3) is 5.91 Å². The summed E-state index contributed by atoms with van der Waals surface area (Å²) in [6, 6.07) is 10.0. The Labute approximate surface area is 139 Å². The topological polar surface area (TPSA) is 63.9 Å². The molecule has 6 heteroatoms. The number of hydrogen-bond donors (Lipinski definition) is 0. The van der Waals surface area contributed by atoms with Gasteiger partial charge in [-0.15, -0.1) is 5.10 Å². The Kier molecular flexibility index (Phi) is 2.92. The van der Waals surface area contributed by atoms with Crippen molar-refractivity contribution in [1.82, 2.24) is 24.9 Å². The van der Waals surface area contributed by atoms with E-state index in [1.165, 1.54) is 12.8 Å². The second-order valence-corrected chi connectivity index (χ2v) is 6.64. The Balaban J connectivity index is 1.33. The zero-order valence-corrected chi connectivity index (χ0v) is 13.2. The monoisotopic (exact) mass is 319 g/mol. The molecule has 1 aromatic carbocycles. The van der Waals surface area contributed by atoms with Crippen molar-refractivity contribution in [2.24, 2.45) is 0 Å². The van der Waals surface area contributed by atoms with Crippen LogP contribution >= 0.6 is 0 Å². The normalized spacial score (nSPS) is 17.9. The van der Waals surface area contributed by atoms with E-state index in [2.05, 4.69) is 15.3 Å². The highest BCUT2D eigenvalue weighted by molar-refractivity contribution is 6.05.